The number of sulfone groups is 1. The molecule has 0 aliphatic heterocycles. The van der Waals surface area contributed by atoms with Crippen LogP contribution in [0.3, 0.4) is 0 Å². The van der Waals surface area contributed by atoms with E-state index in [9.17, 15) is 8.42 Å². The third-order valence-corrected chi connectivity index (χ3v) is 7.24. The van der Waals surface area contributed by atoms with E-state index in [2.05, 4.69) is 11.4 Å². The molecule has 1 aliphatic rings. The molecule has 20 heavy (non-hydrogen) atoms. The van der Waals surface area contributed by atoms with Crippen LogP contribution < -0.4 is 5.32 Å². The fourth-order valence-electron chi connectivity index (χ4n) is 2.77. The average Bonchev–Trinajstić information content (AvgIpc) is 2.87. The van der Waals surface area contributed by atoms with Gasteiger partial charge in [0.15, 0.2) is 0 Å². The fraction of sp³-hybridized carbons (Fsp3) is 0.733. The van der Waals surface area contributed by atoms with Gasteiger partial charge in [-0.15, -0.1) is 11.3 Å². The first-order chi connectivity index (χ1) is 9.55. The van der Waals surface area contributed by atoms with Crippen molar-refractivity contribution in [1.82, 2.24) is 5.32 Å². The summed E-state index contributed by atoms with van der Waals surface area (Å²) >= 11 is 1.92. The Morgan fingerprint density at radius 1 is 1.35 bits per heavy atom. The molecular formula is C15H25NO2S2. The highest BCUT2D eigenvalue weighted by molar-refractivity contribution is 7.91. The molecule has 0 aromatic carbocycles. The van der Waals surface area contributed by atoms with E-state index in [0.29, 0.717) is 11.8 Å². The highest BCUT2D eigenvalue weighted by atomic mass is 32.2. The molecule has 1 N–H and O–H groups in total. The summed E-state index contributed by atoms with van der Waals surface area (Å²) in [5.74, 6) is 0.567. The van der Waals surface area contributed by atoms with E-state index in [1.54, 1.807) is 11.8 Å². The summed E-state index contributed by atoms with van der Waals surface area (Å²) in [5.41, 5.74) is 1.53. The van der Waals surface area contributed by atoms with E-state index >= 15 is 0 Å². The zero-order valence-corrected chi connectivity index (χ0v) is 14.1. The number of rotatable bonds is 7. The normalized spacial score (nSPS) is 16.9. The molecule has 1 heterocycles. The Labute approximate surface area is 126 Å². The van der Waals surface area contributed by atoms with Gasteiger partial charge in [0.25, 0.3) is 0 Å². The van der Waals surface area contributed by atoms with Crippen molar-refractivity contribution in [2.45, 2.75) is 51.5 Å². The summed E-state index contributed by atoms with van der Waals surface area (Å²) in [6, 6.07) is 2.65. The SMILES string of the molecule is CCS(=O)(=O)CCCC(NC)c1cc2c(s1)CCCC2. The van der Waals surface area contributed by atoms with Gasteiger partial charge < -0.3 is 5.32 Å². The van der Waals surface area contributed by atoms with E-state index < -0.39 is 9.84 Å². The van der Waals surface area contributed by atoms with Crippen molar-refractivity contribution in [3.05, 3.63) is 21.4 Å². The Balaban J connectivity index is 1.96. The van der Waals surface area contributed by atoms with Gasteiger partial charge in [-0.2, -0.15) is 0 Å². The van der Waals surface area contributed by atoms with Crippen LogP contribution in [0.2, 0.25) is 0 Å². The van der Waals surface area contributed by atoms with Crippen LogP contribution in [-0.4, -0.2) is 27.0 Å². The van der Waals surface area contributed by atoms with Crippen LogP contribution in [0, 0.1) is 0 Å². The van der Waals surface area contributed by atoms with Crippen molar-refractivity contribution in [1.29, 1.82) is 0 Å². The molecule has 0 saturated carbocycles. The lowest BCUT2D eigenvalue weighted by molar-refractivity contribution is 0.542. The minimum atomic E-state index is -2.83. The summed E-state index contributed by atoms with van der Waals surface area (Å²) < 4.78 is 23.1. The molecule has 0 spiro atoms. The Morgan fingerprint density at radius 3 is 2.75 bits per heavy atom. The standard InChI is InChI=1S/C15H25NO2S2/c1-3-20(17,18)10-6-8-13(16-2)15-11-12-7-4-5-9-14(12)19-15/h11,13,16H,3-10H2,1-2H3. The van der Waals surface area contributed by atoms with Crippen molar-refractivity contribution in [2.75, 3.05) is 18.6 Å². The summed E-state index contributed by atoms with van der Waals surface area (Å²) in [4.78, 5) is 2.93. The summed E-state index contributed by atoms with van der Waals surface area (Å²) in [7, 11) is -0.862. The van der Waals surface area contributed by atoms with E-state index in [0.717, 1.165) is 12.8 Å². The molecule has 1 aliphatic carbocycles. The van der Waals surface area contributed by atoms with Crippen LogP contribution in [0.15, 0.2) is 6.07 Å². The van der Waals surface area contributed by atoms with Crippen LogP contribution in [0.25, 0.3) is 0 Å². The van der Waals surface area contributed by atoms with E-state index in [-0.39, 0.29) is 5.75 Å². The van der Waals surface area contributed by atoms with Gasteiger partial charge in [0.1, 0.15) is 9.84 Å². The molecule has 114 valence electrons. The van der Waals surface area contributed by atoms with Crippen LogP contribution in [0.1, 0.15) is 54.0 Å². The first-order valence-electron chi connectivity index (χ1n) is 7.55. The smallest absolute Gasteiger partial charge is 0.150 e. The molecule has 1 aromatic heterocycles. The third-order valence-electron chi connectivity index (χ3n) is 4.10. The minimum absolute atomic E-state index is 0.254. The maximum absolute atomic E-state index is 11.5. The van der Waals surface area contributed by atoms with Crippen molar-refractivity contribution >= 4 is 21.2 Å². The Hall–Kier alpha value is -0.390. The van der Waals surface area contributed by atoms with Crippen LogP contribution in [-0.2, 0) is 22.7 Å². The second kappa shape index (κ2) is 7.05. The summed E-state index contributed by atoms with van der Waals surface area (Å²) in [6.45, 7) is 1.72. The quantitative estimate of drug-likeness (QED) is 0.841. The highest BCUT2D eigenvalue weighted by Crippen LogP contribution is 2.34. The molecule has 1 atom stereocenters. The van der Waals surface area contributed by atoms with Crippen LogP contribution in [0.5, 0.6) is 0 Å². The van der Waals surface area contributed by atoms with Gasteiger partial charge in [-0.25, -0.2) is 8.42 Å². The van der Waals surface area contributed by atoms with Gasteiger partial charge in [-0.3, -0.25) is 0 Å². The molecular weight excluding hydrogens is 290 g/mol. The van der Waals surface area contributed by atoms with E-state index in [4.69, 9.17) is 0 Å². The molecule has 2 rings (SSSR count). The Kier molecular flexibility index (Phi) is 5.64. The van der Waals surface area contributed by atoms with Crippen molar-refractivity contribution in [3.63, 3.8) is 0 Å². The second-order valence-corrected chi connectivity index (χ2v) is 9.17. The molecule has 0 amide bonds. The molecule has 1 unspecified atom stereocenters. The first-order valence-corrected chi connectivity index (χ1v) is 10.2. The first kappa shape index (κ1) is 16.0. The van der Waals surface area contributed by atoms with Gasteiger partial charge in [-0.1, -0.05) is 6.92 Å². The maximum atomic E-state index is 11.5. The molecule has 0 radical (unpaired) electrons. The number of thiophene rings is 1. The van der Waals surface area contributed by atoms with Gasteiger partial charge >= 0.3 is 0 Å². The van der Waals surface area contributed by atoms with Crippen molar-refractivity contribution in [3.8, 4) is 0 Å². The lowest BCUT2D eigenvalue weighted by Crippen LogP contribution is -2.17. The molecule has 5 heteroatoms. The second-order valence-electron chi connectivity index (χ2n) is 5.52. The lowest BCUT2D eigenvalue weighted by Gasteiger charge is -2.14. The van der Waals surface area contributed by atoms with Gasteiger partial charge in [0, 0.05) is 21.5 Å². The third kappa shape index (κ3) is 4.06. The Morgan fingerprint density at radius 2 is 2.10 bits per heavy atom. The topological polar surface area (TPSA) is 46.2 Å². The van der Waals surface area contributed by atoms with Gasteiger partial charge in [-0.05, 0) is 57.2 Å². The van der Waals surface area contributed by atoms with Crippen molar-refractivity contribution in [2.24, 2.45) is 0 Å². The number of hydrogen-bond donors (Lipinski definition) is 1. The maximum Gasteiger partial charge on any atom is 0.150 e. The van der Waals surface area contributed by atoms with Gasteiger partial charge in [0.05, 0.1) is 5.75 Å². The lowest BCUT2D eigenvalue weighted by atomic mass is 9.98. The average molecular weight is 316 g/mol. The zero-order valence-electron chi connectivity index (χ0n) is 12.4. The molecule has 3 nitrogen and oxygen atoms in total. The number of aryl methyl sites for hydroxylation is 2. The molecule has 0 bridgehead atoms. The molecule has 0 saturated heterocycles. The summed E-state index contributed by atoms with van der Waals surface area (Å²) in [6.07, 6.45) is 6.69. The highest BCUT2D eigenvalue weighted by Gasteiger charge is 2.18. The predicted octanol–water partition coefficient (Wildman–Crippen LogP) is 3.10. The number of hydrogen-bond acceptors (Lipinski definition) is 4. The van der Waals surface area contributed by atoms with Gasteiger partial charge in [0.2, 0.25) is 0 Å². The molecule has 1 aromatic rings. The predicted molar refractivity (Wildman–Crippen MR) is 86.3 cm³/mol. The van der Waals surface area contributed by atoms with E-state index in [1.165, 1.54) is 36.1 Å². The van der Waals surface area contributed by atoms with E-state index in [1.807, 2.05) is 18.4 Å². The van der Waals surface area contributed by atoms with Crippen LogP contribution in [0.4, 0.5) is 0 Å². The largest absolute Gasteiger partial charge is 0.312 e. The summed E-state index contributed by atoms with van der Waals surface area (Å²) in [5, 5.41) is 3.35. The monoisotopic (exact) mass is 315 g/mol. The van der Waals surface area contributed by atoms with Crippen molar-refractivity contribution < 1.29 is 8.42 Å². The number of nitrogens with one attached hydrogen (secondary N) is 1. The zero-order chi connectivity index (χ0) is 14.6. The number of fused-ring (bicyclic) bond motifs is 1. The molecule has 0 fully saturated rings. The minimum Gasteiger partial charge on any atom is -0.312 e. The Bertz CT molecular complexity index is 511. The fourth-order valence-corrected chi connectivity index (χ4v) is 5.06. The van der Waals surface area contributed by atoms with Crippen LogP contribution >= 0.6 is 11.3 Å².